The first-order chi connectivity index (χ1) is 16.6. The summed E-state index contributed by atoms with van der Waals surface area (Å²) < 4.78 is 26.5. The molecule has 0 atom stereocenters. The van der Waals surface area contributed by atoms with Gasteiger partial charge in [-0.2, -0.15) is 4.98 Å². The van der Waals surface area contributed by atoms with E-state index in [2.05, 4.69) is 20.3 Å². The lowest BCUT2D eigenvalue weighted by Gasteiger charge is -2.27. The average molecular weight is 483 g/mol. The minimum Gasteiger partial charge on any atom is -0.378 e. The average Bonchev–Trinajstić information content (AvgIpc) is 3.51. The Kier molecular flexibility index (Phi) is 6.18. The molecule has 34 heavy (non-hydrogen) atoms. The van der Waals surface area contributed by atoms with Crippen LogP contribution in [0.5, 0.6) is 0 Å². The molecule has 13 heteroatoms. The van der Waals surface area contributed by atoms with Crippen molar-refractivity contribution in [3.63, 3.8) is 0 Å². The Balaban J connectivity index is 1.39. The zero-order valence-electron chi connectivity index (χ0n) is 17.7. The molecule has 0 N–H and O–H groups in total. The van der Waals surface area contributed by atoms with Crippen molar-refractivity contribution in [2.75, 3.05) is 31.2 Å². The van der Waals surface area contributed by atoms with Gasteiger partial charge in [0, 0.05) is 30.8 Å². The monoisotopic (exact) mass is 483 g/mol. The van der Waals surface area contributed by atoms with Crippen LogP contribution in [-0.4, -0.2) is 56.1 Å². The Morgan fingerprint density at radius 3 is 2.74 bits per heavy atom. The second kappa shape index (κ2) is 9.57. The highest BCUT2D eigenvalue weighted by atomic mass is 32.2. The van der Waals surface area contributed by atoms with Gasteiger partial charge in [-0.3, -0.25) is 14.7 Å². The Labute approximate surface area is 196 Å². The minimum absolute atomic E-state index is 0.0583. The first kappa shape index (κ1) is 22.0. The van der Waals surface area contributed by atoms with Gasteiger partial charge in [-0.25, -0.2) is 4.39 Å². The largest absolute Gasteiger partial charge is 0.378 e. The van der Waals surface area contributed by atoms with Crippen LogP contribution in [0, 0.1) is 15.9 Å². The Hall–Kier alpha value is -3.84. The van der Waals surface area contributed by atoms with Crippen molar-refractivity contribution < 1.29 is 18.6 Å². The third kappa shape index (κ3) is 4.61. The molecule has 0 unspecified atom stereocenters. The summed E-state index contributed by atoms with van der Waals surface area (Å²) in [6, 6.07) is 12.2. The molecule has 11 nitrogen and oxygen atoms in total. The highest BCUT2D eigenvalue weighted by Gasteiger charge is 2.23. The van der Waals surface area contributed by atoms with E-state index in [0.29, 0.717) is 54.5 Å². The number of nitro benzene ring substituents is 1. The van der Waals surface area contributed by atoms with E-state index in [0.717, 1.165) is 0 Å². The predicted octanol–water partition coefficient (Wildman–Crippen LogP) is 3.49. The number of anilines is 1. The maximum atomic E-state index is 14.0. The van der Waals surface area contributed by atoms with Crippen molar-refractivity contribution in [2.24, 2.45) is 0 Å². The van der Waals surface area contributed by atoms with Gasteiger partial charge in [0.1, 0.15) is 5.82 Å². The summed E-state index contributed by atoms with van der Waals surface area (Å²) in [6.45, 7) is 2.44. The van der Waals surface area contributed by atoms with Crippen LogP contribution in [0.1, 0.15) is 5.89 Å². The van der Waals surface area contributed by atoms with Crippen molar-refractivity contribution in [3.05, 3.63) is 70.4 Å². The lowest BCUT2D eigenvalue weighted by molar-refractivity contribution is -0.384. The molecule has 0 bridgehead atoms. The highest BCUT2D eigenvalue weighted by molar-refractivity contribution is 7.98. The fourth-order valence-electron chi connectivity index (χ4n) is 3.48. The number of aromatic nitrogens is 5. The van der Waals surface area contributed by atoms with E-state index >= 15 is 0 Å². The molecule has 174 valence electrons. The molecule has 5 rings (SSSR count). The molecule has 0 aliphatic carbocycles. The molecule has 1 aliphatic heterocycles. The van der Waals surface area contributed by atoms with Crippen molar-refractivity contribution in [1.82, 2.24) is 24.9 Å². The Morgan fingerprint density at radius 1 is 1.12 bits per heavy atom. The van der Waals surface area contributed by atoms with Gasteiger partial charge in [-0.1, -0.05) is 35.1 Å². The molecule has 2 aromatic carbocycles. The lowest BCUT2D eigenvalue weighted by Crippen LogP contribution is -2.37. The third-order valence-electron chi connectivity index (χ3n) is 5.08. The third-order valence-corrected chi connectivity index (χ3v) is 6.00. The summed E-state index contributed by atoms with van der Waals surface area (Å²) in [5.74, 6) is 1.07. The van der Waals surface area contributed by atoms with Gasteiger partial charge in [-0.05, 0) is 18.2 Å². The molecule has 3 heterocycles. The van der Waals surface area contributed by atoms with Crippen molar-refractivity contribution in [3.8, 4) is 17.1 Å². The van der Waals surface area contributed by atoms with Crippen LogP contribution in [0.4, 0.5) is 16.0 Å². The molecule has 1 saturated heterocycles. The Bertz CT molecular complexity index is 1320. The highest BCUT2D eigenvalue weighted by Crippen LogP contribution is 2.30. The summed E-state index contributed by atoms with van der Waals surface area (Å²) in [7, 11) is 0. The summed E-state index contributed by atoms with van der Waals surface area (Å²) >= 11 is 1.31. The van der Waals surface area contributed by atoms with E-state index in [9.17, 15) is 14.5 Å². The van der Waals surface area contributed by atoms with E-state index in [1.54, 1.807) is 28.8 Å². The maximum Gasteiger partial charge on any atom is 0.270 e. The van der Waals surface area contributed by atoms with Gasteiger partial charge in [0.2, 0.25) is 17.7 Å². The molecule has 0 spiro atoms. The van der Waals surface area contributed by atoms with Gasteiger partial charge in [0.25, 0.3) is 5.69 Å². The summed E-state index contributed by atoms with van der Waals surface area (Å²) in [4.78, 5) is 16.9. The molecule has 0 radical (unpaired) electrons. The van der Waals surface area contributed by atoms with Crippen LogP contribution in [-0.2, 0) is 10.5 Å². The molecule has 1 aliphatic rings. The van der Waals surface area contributed by atoms with E-state index in [1.165, 1.54) is 36.0 Å². The molecular weight excluding hydrogens is 465 g/mol. The fraction of sp³-hybridized carbons (Fsp3) is 0.238. The lowest BCUT2D eigenvalue weighted by atomic mass is 10.2. The number of nitro groups is 1. The van der Waals surface area contributed by atoms with Crippen LogP contribution in [0.3, 0.4) is 0 Å². The zero-order chi connectivity index (χ0) is 23.5. The van der Waals surface area contributed by atoms with Crippen molar-refractivity contribution >= 4 is 23.4 Å². The summed E-state index contributed by atoms with van der Waals surface area (Å²) in [5.41, 5.74) is 1.01. The van der Waals surface area contributed by atoms with Crippen LogP contribution in [0.25, 0.3) is 17.1 Å². The number of hydrogen-bond donors (Lipinski definition) is 0. The standard InChI is InChI=1S/C21H18FN7O4S/c22-15-4-2-5-16(12-15)28-20(27-7-9-32-10-8-27)24-25-21(28)34-13-18-23-19(26-33-18)14-3-1-6-17(11-14)29(30)31/h1-6,11-12H,7-10,13H2. The SMILES string of the molecule is O=[N+]([O-])c1cccc(-c2noc(CSc3nnc(N4CCOCC4)n3-c3cccc(F)c3)n2)c1. The van der Waals surface area contributed by atoms with Gasteiger partial charge >= 0.3 is 0 Å². The molecular formula is C21H18FN7O4S. The zero-order valence-corrected chi connectivity index (χ0v) is 18.5. The normalized spacial score (nSPS) is 13.9. The molecule has 0 saturated carbocycles. The molecule has 0 amide bonds. The number of halogens is 1. The topological polar surface area (TPSA) is 125 Å². The minimum atomic E-state index is -0.481. The van der Waals surface area contributed by atoms with Gasteiger partial charge < -0.3 is 14.2 Å². The van der Waals surface area contributed by atoms with E-state index in [1.807, 2.05) is 4.90 Å². The van der Waals surface area contributed by atoms with Crippen LogP contribution in [0.15, 0.2) is 58.2 Å². The van der Waals surface area contributed by atoms with Gasteiger partial charge in [-0.15, -0.1) is 10.2 Å². The number of morpholine rings is 1. The van der Waals surface area contributed by atoms with Crippen molar-refractivity contribution in [1.29, 1.82) is 0 Å². The molecule has 1 fully saturated rings. The number of ether oxygens (including phenoxy) is 1. The summed E-state index contributed by atoms with van der Waals surface area (Å²) in [6.07, 6.45) is 0. The second-order valence-electron chi connectivity index (χ2n) is 7.31. The quantitative estimate of drug-likeness (QED) is 0.219. The van der Waals surface area contributed by atoms with Crippen LogP contribution < -0.4 is 4.90 Å². The number of benzene rings is 2. The number of rotatable bonds is 7. The maximum absolute atomic E-state index is 14.0. The van der Waals surface area contributed by atoms with Crippen molar-refractivity contribution in [2.45, 2.75) is 10.9 Å². The molecule has 2 aromatic heterocycles. The number of thioether (sulfide) groups is 1. The van der Waals surface area contributed by atoms with E-state index < -0.39 is 4.92 Å². The molecule has 4 aromatic rings. The van der Waals surface area contributed by atoms with Crippen LogP contribution in [0.2, 0.25) is 0 Å². The summed E-state index contributed by atoms with van der Waals surface area (Å²) in [5, 5.41) is 24.1. The fourth-order valence-corrected chi connectivity index (χ4v) is 4.27. The first-order valence-corrected chi connectivity index (χ1v) is 11.3. The van der Waals surface area contributed by atoms with E-state index in [-0.39, 0.29) is 23.1 Å². The first-order valence-electron chi connectivity index (χ1n) is 10.3. The number of non-ortho nitro benzene ring substituents is 1. The smallest absolute Gasteiger partial charge is 0.270 e. The van der Waals surface area contributed by atoms with E-state index in [4.69, 9.17) is 9.26 Å². The Morgan fingerprint density at radius 2 is 1.94 bits per heavy atom. The second-order valence-corrected chi connectivity index (χ2v) is 8.25. The number of nitrogens with zero attached hydrogens (tertiary/aromatic N) is 7. The van der Waals surface area contributed by atoms with Gasteiger partial charge in [0.05, 0.1) is 29.6 Å². The van der Waals surface area contributed by atoms with Gasteiger partial charge in [0.15, 0.2) is 5.16 Å². The number of hydrogen-bond acceptors (Lipinski definition) is 10. The predicted molar refractivity (Wildman–Crippen MR) is 120 cm³/mol. The van der Waals surface area contributed by atoms with Crippen LogP contribution >= 0.6 is 11.8 Å².